The second-order valence-electron chi connectivity index (χ2n) is 9.59. The average Bonchev–Trinajstić information content (AvgIpc) is 3.41. The van der Waals surface area contributed by atoms with E-state index in [-0.39, 0.29) is 23.4 Å². The van der Waals surface area contributed by atoms with Crippen LogP contribution in [0.25, 0.3) is 10.8 Å². The van der Waals surface area contributed by atoms with Crippen LogP contribution >= 0.6 is 0 Å². The molecule has 1 saturated heterocycles. The van der Waals surface area contributed by atoms with E-state index in [4.69, 9.17) is 0 Å². The molecule has 10 heteroatoms. The van der Waals surface area contributed by atoms with E-state index in [1.165, 1.54) is 12.4 Å². The van der Waals surface area contributed by atoms with E-state index < -0.39 is 11.9 Å². The SMILES string of the molecule is C=CC(=O)NCCCC[C@H](NC(=O)c1cn(C)cn1)C(=O)N1CCN(C(=O)c2cccc3ccccc23)CC1. The van der Waals surface area contributed by atoms with Crippen LogP contribution in [0.15, 0.2) is 67.6 Å². The Morgan fingerprint density at radius 2 is 1.72 bits per heavy atom. The maximum atomic E-state index is 13.5. The first-order valence-corrected chi connectivity index (χ1v) is 13.1. The van der Waals surface area contributed by atoms with Gasteiger partial charge in [-0.05, 0) is 42.2 Å². The van der Waals surface area contributed by atoms with Gasteiger partial charge in [0.25, 0.3) is 11.8 Å². The summed E-state index contributed by atoms with van der Waals surface area (Å²) in [5, 5.41) is 7.48. The summed E-state index contributed by atoms with van der Waals surface area (Å²) in [7, 11) is 1.77. The van der Waals surface area contributed by atoms with E-state index in [0.717, 1.165) is 10.8 Å². The van der Waals surface area contributed by atoms with Crippen molar-refractivity contribution < 1.29 is 19.2 Å². The number of imidazole rings is 1. The lowest BCUT2D eigenvalue weighted by atomic mass is 10.0. The molecule has 0 spiro atoms. The van der Waals surface area contributed by atoms with Crippen molar-refractivity contribution in [3.05, 3.63) is 78.9 Å². The summed E-state index contributed by atoms with van der Waals surface area (Å²) in [6.07, 6.45) is 6.02. The largest absolute Gasteiger partial charge is 0.353 e. The van der Waals surface area contributed by atoms with E-state index in [2.05, 4.69) is 22.2 Å². The summed E-state index contributed by atoms with van der Waals surface area (Å²) >= 11 is 0. The molecule has 10 nitrogen and oxygen atoms in total. The normalized spacial score (nSPS) is 14.1. The number of hydrogen-bond acceptors (Lipinski definition) is 5. The van der Waals surface area contributed by atoms with Crippen molar-refractivity contribution in [2.45, 2.75) is 25.3 Å². The molecule has 1 aliphatic heterocycles. The maximum Gasteiger partial charge on any atom is 0.272 e. The highest BCUT2D eigenvalue weighted by atomic mass is 16.2. The predicted octanol–water partition coefficient (Wildman–Crippen LogP) is 2.13. The Kier molecular flexibility index (Phi) is 9.09. The fraction of sp³-hybridized carbons (Fsp3) is 0.345. The number of nitrogens with one attached hydrogen (secondary N) is 2. The molecule has 1 atom stereocenters. The minimum absolute atomic E-state index is 0.0551. The standard InChI is InChI=1S/C29H34N6O4/c1-3-26(36)30-14-7-6-13-24(32-27(37)25-19-33(2)20-31-25)29(39)35-17-15-34(16-18-35)28(38)23-12-8-10-21-9-4-5-11-22(21)23/h3-5,8-12,19-20,24H,1,6-7,13-18H2,2H3,(H,30,36)(H,32,37)/t24-/m0/s1. The van der Waals surface area contributed by atoms with Crippen molar-refractivity contribution in [1.82, 2.24) is 30.0 Å². The fourth-order valence-electron chi connectivity index (χ4n) is 4.71. The molecule has 4 amide bonds. The zero-order valence-corrected chi connectivity index (χ0v) is 22.1. The number of rotatable bonds is 10. The lowest BCUT2D eigenvalue weighted by molar-refractivity contribution is -0.135. The van der Waals surface area contributed by atoms with Gasteiger partial charge in [0.05, 0.1) is 6.33 Å². The maximum absolute atomic E-state index is 13.5. The molecular formula is C29H34N6O4. The van der Waals surface area contributed by atoms with Crippen LogP contribution in [-0.4, -0.2) is 81.7 Å². The number of aryl methyl sites for hydroxylation is 1. The number of amides is 4. The van der Waals surface area contributed by atoms with Gasteiger partial charge in [0, 0.05) is 51.5 Å². The number of unbranched alkanes of at least 4 members (excludes halogenated alkanes) is 1. The van der Waals surface area contributed by atoms with E-state index in [1.54, 1.807) is 27.6 Å². The minimum atomic E-state index is -0.741. The quantitative estimate of drug-likeness (QED) is 0.308. The number of piperazine rings is 1. The number of aromatic nitrogens is 2. The van der Waals surface area contributed by atoms with E-state index in [9.17, 15) is 19.2 Å². The zero-order chi connectivity index (χ0) is 27.8. The molecule has 39 heavy (non-hydrogen) atoms. The summed E-state index contributed by atoms with van der Waals surface area (Å²) in [6, 6.07) is 12.8. The number of hydrogen-bond donors (Lipinski definition) is 2. The van der Waals surface area contributed by atoms with Crippen LogP contribution in [0.4, 0.5) is 0 Å². The van der Waals surface area contributed by atoms with Gasteiger partial charge in [-0.25, -0.2) is 4.98 Å². The van der Waals surface area contributed by atoms with Crippen LogP contribution in [-0.2, 0) is 16.6 Å². The predicted molar refractivity (Wildman–Crippen MR) is 148 cm³/mol. The first-order valence-electron chi connectivity index (χ1n) is 13.1. The Morgan fingerprint density at radius 1 is 1.00 bits per heavy atom. The van der Waals surface area contributed by atoms with Gasteiger partial charge in [-0.15, -0.1) is 0 Å². The second-order valence-corrected chi connectivity index (χ2v) is 9.59. The average molecular weight is 531 g/mol. The highest BCUT2D eigenvalue weighted by Gasteiger charge is 2.31. The summed E-state index contributed by atoms with van der Waals surface area (Å²) in [6.45, 7) is 5.45. The number of nitrogens with zero attached hydrogens (tertiary/aromatic N) is 4. The summed E-state index contributed by atoms with van der Waals surface area (Å²) in [4.78, 5) is 58.6. The lowest BCUT2D eigenvalue weighted by Crippen LogP contribution is -2.56. The molecule has 0 bridgehead atoms. The Balaban J connectivity index is 1.38. The summed E-state index contributed by atoms with van der Waals surface area (Å²) < 4.78 is 1.67. The molecule has 0 unspecified atom stereocenters. The van der Waals surface area contributed by atoms with Crippen molar-refractivity contribution >= 4 is 34.4 Å². The topological polar surface area (TPSA) is 117 Å². The lowest BCUT2D eigenvalue weighted by Gasteiger charge is -2.36. The Hall–Kier alpha value is -4.47. The highest BCUT2D eigenvalue weighted by Crippen LogP contribution is 2.21. The van der Waals surface area contributed by atoms with Crippen LogP contribution in [0.2, 0.25) is 0 Å². The van der Waals surface area contributed by atoms with Crippen LogP contribution in [0.5, 0.6) is 0 Å². The molecule has 4 rings (SSSR count). The Labute approximate surface area is 227 Å². The van der Waals surface area contributed by atoms with Crippen molar-refractivity contribution in [3.63, 3.8) is 0 Å². The van der Waals surface area contributed by atoms with Gasteiger partial charge in [-0.3, -0.25) is 19.2 Å². The summed E-state index contributed by atoms with van der Waals surface area (Å²) in [5.41, 5.74) is 0.885. The van der Waals surface area contributed by atoms with Crippen LogP contribution in [0.1, 0.15) is 40.1 Å². The van der Waals surface area contributed by atoms with Crippen molar-refractivity contribution in [3.8, 4) is 0 Å². The van der Waals surface area contributed by atoms with E-state index in [0.29, 0.717) is 57.5 Å². The zero-order valence-electron chi connectivity index (χ0n) is 22.1. The smallest absolute Gasteiger partial charge is 0.272 e. The van der Waals surface area contributed by atoms with Crippen molar-refractivity contribution in [2.75, 3.05) is 32.7 Å². The van der Waals surface area contributed by atoms with Crippen LogP contribution in [0.3, 0.4) is 0 Å². The molecule has 204 valence electrons. The second kappa shape index (κ2) is 12.9. The summed E-state index contributed by atoms with van der Waals surface area (Å²) in [5.74, 6) is -0.909. The van der Waals surface area contributed by atoms with Gasteiger partial charge < -0.3 is 25.0 Å². The highest BCUT2D eigenvalue weighted by molar-refractivity contribution is 6.07. The third kappa shape index (κ3) is 6.90. The van der Waals surface area contributed by atoms with Gasteiger partial charge in [-0.1, -0.05) is 43.0 Å². The van der Waals surface area contributed by atoms with Gasteiger partial charge in [0.1, 0.15) is 11.7 Å². The van der Waals surface area contributed by atoms with Gasteiger partial charge in [0.15, 0.2) is 0 Å². The Morgan fingerprint density at radius 3 is 2.44 bits per heavy atom. The first kappa shape index (κ1) is 27.6. The van der Waals surface area contributed by atoms with Crippen molar-refractivity contribution in [2.24, 2.45) is 7.05 Å². The molecule has 1 aliphatic rings. The minimum Gasteiger partial charge on any atom is -0.353 e. The molecule has 0 radical (unpaired) electrons. The van der Waals surface area contributed by atoms with Gasteiger partial charge in [-0.2, -0.15) is 0 Å². The molecule has 0 aliphatic carbocycles. The van der Waals surface area contributed by atoms with Crippen LogP contribution < -0.4 is 10.6 Å². The van der Waals surface area contributed by atoms with E-state index >= 15 is 0 Å². The molecule has 3 aromatic rings. The van der Waals surface area contributed by atoms with Crippen LogP contribution in [0, 0.1) is 0 Å². The molecule has 0 saturated carbocycles. The van der Waals surface area contributed by atoms with Gasteiger partial charge >= 0.3 is 0 Å². The molecule has 1 aromatic heterocycles. The Bertz CT molecular complexity index is 1350. The third-order valence-corrected chi connectivity index (χ3v) is 6.84. The number of fused-ring (bicyclic) bond motifs is 1. The molecule has 2 heterocycles. The van der Waals surface area contributed by atoms with E-state index in [1.807, 2.05) is 42.5 Å². The number of carbonyl (C=O) groups excluding carboxylic acids is 4. The fourth-order valence-corrected chi connectivity index (χ4v) is 4.71. The monoisotopic (exact) mass is 530 g/mol. The third-order valence-electron chi connectivity index (χ3n) is 6.84. The molecule has 1 fully saturated rings. The van der Waals surface area contributed by atoms with Crippen molar-refractivity contribution in [1.29, 1.82) is 0 Å². The molecular weight excluding hydrogens is 496 g/mol. The number of carbonyl (C=O) groups is 4. The molecule has 2 N–H and O–H groups in total. The molecule has 2 aromatic carbocycles. The first-order chi connectivity index (χ1) is 18.9. The number of benzene rings is 2. The van der Waals surface area contributed by atoms with Gasteiger partial charge in [0.2, 0.25) is 11.8 Å².